The van der Waals surface area contributed by atoms with Crippen LogP contribution in [-0.2, 0) is 9.59 Å². The van der Waals surface area contributed by atoms with Crippen LogP contribution < -0.4 is 10.6 Å². The second kappa shape index (κ2) is 8.44. The number of amides is 2. The molecule has 0 radical (unpaired) electrons. The van der Waals surface area contributed by atoms with Gasteiger partial charge in [0.1, 0.15) is 5.03 Å². The number of nitrogens with zero attached hydrogens (tertiary/aromatic N) is 2. The molecule has 24 heavy (non-hydrogen) atoms. The quantitative estimate of drug-likeness (QED) is 0.787. The van der Waals surface area contributed by atoms with Gasteiger partial charge in [0.25, 0.3) is 0 Å². The van der Waals surface area contributed by atoms with Gasteiger partial charge in [0, 0.05) is 11.6 Å². The van der Waals surface area contributed by atoms with E-state index in [0.717, 1.165) is 11.3 Å². The standard InChI is InChI=1S/C17H20N4O2S/c1-11(2)17(23)19-14-7-8-16(21-20-14)24-10-15(22)18-13-6-4-5-12(3)9-13/h4-9,11H,10H2,1-3H3,(H,18,22)(H,19,20,23). The van der Waals surface area contributed by atoms with E-state index in [1.165, 1.54) is 11.8 Å². The summed E-state index contributed by atoms with van der Waals surface area (Å²) in [4.78, 5) is 23.5. The number of hydrogen-bond acceptors (Lipinski definition) is 5. The number of anilines is 2. The molecule has 0 fully saturated rings. The van der Waals surface area contributed by atoms with Crippen molar-refractivity contribution in [3.8, 4) is 0 Å². The Morgan fingerprint density at radius 3 is 2.54 bits per heavy atom. The minimum absolute atomic E-state index is 0.107. The highest BCUT2D eigenvalue weighted by Gasteiger charge is 2.09. The van der Waals surface area contributed by atoms with Crippen LogP contribution in [-0.4, -0.2) is 27.8 Å². The molecule has 0 atom stereocenters. The maximum absolute atomic E-state index is 11.9. The molecule has 1 aromatic heterocycles. The Bertz CT molecular complexity index is 717. The van der Waals surface area contributed by atoms with Crippen molar-refractivity contribution in [1.82, 2.24) is 10.2 Å². The maximum atomic E-state index is 11.9. The van der Waals surface area contributed by atoms with Gasteiger partial charge in [-0.05, 0) is 36.8 Å². The third-order valence-corrected chi connectivity index (χ3v) is 3.99. The summed E-state index contributed by atoms with van der Waals surface area (Å²) in [7, 11) is 0. The number of nitrogens with one attached hydrogen (secondary N) is 2. The Labute approximate surface area is 145 Å². The molecule has 7 heteroatoms. The average molecular weight is 344 g/mol. The predicted octanol–water partition coefficient (Wildman–Crippen LogP) is 3.11. The molecule has 0 bridgehead atoms. The van der Waals surface area contributed by atoms with Gasteiger partial charge in [-0.2, -0.15) is 0 Å². The molecule has 0 aliphatic heterocycles. The highest BCUT2D eigenvalue weighted by molar-refractivity contribution is 7.99. The molecule has 0 aliphatic carbocycles. The average Bonchev–Trinajstić information content (AvgIpc) is 2.54. The Morgan fingerprint density at radius 1 is 1.12 bits per heavy atom. The van der Waals surface area contributed by atoms with Gasteiger partial charge in [-0.3, -0.25) is 9.59 Å². The van der Waals surface area contributed by atoms with E-state index < -0.39 is 0 Å². The van der Waals surface area contributed by atoms with Crippen LogP contribution in [0, 0.1) is 12.8 Å². The van der Waals surface area contributed by atoms with E-state index in [9.17, 15) is 9.59 Å². The highest BCUT2D eigenvalue weighted by Crippen LogP contribution is 2.17. The van der Waals surface area contributed by atoms with Crippen LogP contribution >= 0.6 is 11.8 Å². The zero-order valence-electron chi connectivity index (χ0n) is 13.9. The lowest BCUT2D eigenvalue weighted by molar-refractivity contribution is -0.119. The smallest absolute Gasteiger partial charge is 0.234 e. The molecular weight excluding hydrogens is 324 g/mol. The van der Waals surface area contributed by atoms with Gasteiger partial charge in [0.15, 0.2) is 5.82 Å². The number of aryl methyl sites for hydroxylation is 1. The number of rotatable bonds is 6. The molecule has 2 aromatic rings. The Kier molecular flexibility index (Phi) is 6.31. The summed E-state index contributed by atoms with van der Waals surface area (Å²) < 4.78 is 0. The molecule has 1 aromatic carbocycles. The van der Waals surface area contributed by atoms with E-state index in [-0.39, 0.29) is 23.5 Å². The minimum Gasteiger partial charge on any atom is -0.325 e. The van der Waals surface area contributed by atoms with Crippen LogP contribution in [0.3, 0.4) is 0 Å². The molecule has 6 nitrogen and oxygen atoms in total. The summed E-state index contributed by atoms with van der Waals surface area (Å²) in [6.45, 7) is 5.58. The topological polar surface area (TPSA) is 84.0 Å². The van der Waals surface area contributed by atoms with E-state index >= 15 is 0 Å². The maximum Gasteiger partial charge on any atom is 0.234 e. The minimum atomic E-state index is -0.119. The summed E-state index contributed by atoms with van der Waals surface area (Å²) in [5.41, 5.74) is 1.86. The van der Waals surface area contributed by atoms with Gasteiger partial charge in [0.05, 0.1) is 5.75 Å². The van der Waals surface area contributed by atoms with Crippen LogP contribution in [0.25, 0.3) is 0 Å². The highest BCUT2D eigenvalue weighted by atomic mass is 32.2. The lowest BCUT2D eigenvalue weighted by Gasteiger charge is -2.07. The third-order valence-electron chi connectivity index (χ3n) is 3.07. The lowest BCUT2D eigenvalue weighted by atomic mass is 10.2. The van der Waals surface area contributed by atoms with E-state index in [0.29, 0.717) is 10.8 Å². The fourth-order valence-corrected chi connectivity index (χ4v) is 2.41. The summed E-state index contributed by atoms with van der Waals surface area (Å²) in [6, 6.07) is 11.0. The molecule has 0 unspecified atom stereocenters. The van der Waals surface area contributed by atoms with Crippen molar-refractivity contribution in [2.45, 2.75) is 25.8 Å². The SMILES string of the molecule is Cc1cccc(NC(=O)CSc2ccc(NC(=O)C(C)C)nn2)c1. The molecule has 126 valence electrons. The first-order valence-electron chi connectivity index (χ1n) is 7.58. The number of hydrogen-bond donors (Lipinski definition) is 2. The number of thioether (sulfide) groups is 1. The van der Waals surface area contributed by atoms with Crippen molar-refractivity contribution in [3.05, 3.63) is 42.0 Å². The Balaban J connectivity index is 1.83. The van der Waals surface area contributed by atoms with Crippen LogP contribution in [0.4, 0.5) is 11.5 Å². The second-order valence-electron chi connectivity index (χ2n) is 5.61. The first-order chi connectivity index (χ1) is 11.4. The molecule has 1 heterocycles. The van der Waals surface area contributed by atoms with Crippen LogP contribution in [0.15, 0.2) is 41.4 Å². The molecule has 0 aliphatic rings. The van der Waals surface area contributed by atoms with E-state index in [1.54, 1.807) is 26.0 Å². The fourth-order valence-electron chi connectivity index (χ4n) is 1.79. The summed E-state index contributed by atoms with van der Waals surface area (Å²) in [5, 5.41) is 14.1. The molecule has 2 amide bonds. The van der Waals surface area contributed by atoms with Gasteiger partial charge >= 0.3 is 0 Å². The summed E-state index contributed by atoms with van der Waals surface area (Å²) >= 11 is 1.29. The predicted molar refractivity (Wildman–Crippen MR) is 96.0 cm³/mol. The van der Waals surface area contributed by atoms with Crippen molar-refractivity contribution in [3.63, 3.8) is 0 Å². The van der Waals surface area contributed by atoms with Gasteiger partial charge < -0.3 is 10.6 Å². The third kappa shape index (κ3) is 5.66. The van der Waals surface area contributed by atoms with Gasteiger partial charge in [-0.15, -0.1) is 10.2 Å². The zero-order valence-corrected chi connectivity index (χ0v) is 14.7. The van der Waals surface area contributed by atoms with Gasteiger partial charge in [-0.25, -0.2) is 0 Å². The summed E-state index contributed by atoms with van der Waals surface area (Å²) in [6.07, 6.45) is 0. The molecule has 2 rings (SSSR count). The van der Waals surface area contributed by atoms with Crippen molar-refractivity contribution < 1.29 is 9.59 Å². The van der Waals surface area contributed by atoms with Crippen molar-refractivity contribution in [1.29, 1.82) is 0 Å². The van der Waals surface area contributed by atoms with E-state index in [4.69, 9.17) is 0 Å². The lowest BCUT2D eigenvalue weighted by Crippen LogP contribution is -2.18. The van der Waals surface area contributed by atoms with Gasteiger partial charge in [-0.1, -0.05) is 37.7 Å². The largest absolute Gasteiger partial charge is 0.325 e. The van der Waals surface area contributed by atoms with E-state index in [2.05, 4.69) is 20.8 Å². The first kappa shape index (κ1) is 17.9. The van der Waals surface area contributed by atoms with Crippen LogP contribution in [0.1, 0.15) is 19.4 Å². The number of aromatic nitrogens is 2. The zero-order chi connectivity index (χ0) is 17.5. The first-order valence-corrected chi connectivity index (χ1v) is 8.56. The van der Waals surface area contributed by atoms with Crippen molar-refractivity contribution >= 4 is 35.1 Å². The molecular formula is C17H20N4O2S. The van der Waals surface area contributed by atoms with Crippen molar-refractivity contribution in [2.24, 2.45) is 5.92 Å². The Morgan fingerprint density at radius 2 is 1.92 bits per heavy atom. The second-order valence-corrected chi connectivity index (χ2v) is 6.60. The number of carbonyl (C=O) groups is 2. The number of carbonyl (C=O) groups excluding carboxylic acids is 2. The van der Waals surface area contributed by atoms with Crippen molar-refractivity contribution in [2.75, 3.05) is 16.4 Å². The monoisotopic (exact) mass is 344 g/mol. The van der Waals surface area contributed by atoms with Gasteiger partial charge in [0.2, 0.25) is 11.8 Å². The summed E-state index contributed by atoms with van der Waals surface area (Å²) in [5.74, 6) is 0.306. The number of benzene rings is 1. The molecule has 0 saturated carbocycles. The Hall–Kier alpha value is -2.41. The molecule has 2 N–H and O–H groups in total. The van der Waals surface area contributed by atoms with E-state index in [1.807, 2.05) is 31.2 Å². The fraction of sp³-hybridized carbons (Fsp3) is 0.294. The van der Waals surface area contributed by atoms with Crippen LogP contribution in [0.5, 0.6) is 0 Å². The van der Waals surface area contributed by atoms with Crippen LogP contribution in [0.2, 0.25) is 0 Å². The molecule has 0 spiro atoms. The molecule has 0 saturated heterocycles. The normalized spacial score (nSPS) is 10.5.